The average Bonchev–Trinajstić information content (AvgIpc) is 1.41. The summed E-state index contributed by atoms with van der Waals surface area (Å²) in [6.07, 6.45) is 5.15. The predicted octanol–water partition coefficient (Wildman–Crippen LogP) is -4.44. The van der Waals surface area contributed by atoms with Crippen LogP contribution in [0.2, 0.25) is 0 Å². The largest absolute Gasteiger partial charge is 3.00 e. The van der Waals surface area contributed by atoms with Crippen LogP contribution in [0.15, 0.2) is 18.2 Å². The van der Waals surface area contributed by atoms with Gasteiger partial charge in [0.25, 0.3) is 0 Å². The molecule has 0 saturated heterocycles. The molecule has 0 aliphatic carbocycles. The van der Waals surface area contributed by atoms with Crippen molar-refractivity contribution in [2.45, 2.75) is 6.92 Å². The van der Waals surface area contributed by atoms with Gasteiger partial charge in [-0.3, -0.25) is 6.58 Å². The van der Waals surface area contributed by atoms with Gasteiger partial charge in [-0.05, 0) is 0 Å². The van der Waals surface area contributed by atoms with Crippen LogP contribution < -0.4 is 24.8 Å². The van der Waals surface area contributed by atoms with E-state index in [0.717, 1.165) is 0 Å². The third-order valence-electron chi connectivity index (χ3n) is 0.304. The van der Waals surface area contributed by atoms with Crippen molar-refractivity contribution in [3.63, 3.8) is 0 Å². The molecule has 0 aromatic heterocycles. The van der Waals surface area contributed by atoms with Crippen LogP contribution in [0.5, 0.6) is 0 Å². The summed E-state index contributed by atoms with van der Waals surface area (Å²) >= 11 is 0. The maximum absolute atomic E-state index is 4.93. The van der Waals surface area contributed by atoms with Crippen molar-refractivity contribution in [2.24, 2.45) is 0 Å². The van der Waals surface area contributed by atoms with Gasteiger partial charge in [0.2, 0.25) is 0 Å². The molecule has 3 heteroatoms. The Labute approximate surface area is 74.0 Å². The van der Waals surface area contributed by atoms with Crippen LogP contribution in [-0.4, -0.2) is 0 Å². The smallest absolute Gasteiger partial charge is 1.00 e. The quantitative estimate of drug-likeness (QED) is 0.289. The SMILES string of the molecule is [CH-]=C/C=C/C.[Cl-].[Cl-].[Cr+3]. The maximum Gasteiger partial charge on any atom is 3.00 e. The molecular formula is C5H7Cl2Cr. The van der Waals surface area contributed by atoms with Gasteiger partial charge < -0.3 is 24.8 Å². The van der Waals surface area contributed by atoms with E-state index < -0.39 is 0 Å². The first-order valence-corrected chi connectivity index (χ1v) is 1.58. The Bertz CT molecular complexity index is 52.4. The van der Waals surface area contributed by atoms with Crippen LogP contribution in [0.25, 0.3) is 0 Å². The summed E-state index contributed by atoms with van der Waals surface area (Å²) < 4.78 is 0. The van der Waals surface area contributed by atoms with Crippen molar-refractivity contribution in [2.75, 3.05) is 0 Å². The molecule has 0 aromatic rings. The molecule has 0 aliphatic rings. The molecular weight excluding hydrogens is 183 g/mol. The van der Waals surface area contributed by atoms with Gasteiger partial charge in [-0.25, -0.2) is 12.2 Å². The van der Waals surface area contributed by atoms with E-state index in [1.807, 2.05) is 13.0 Å². The third kappa shape index (κ3) is 30.7. The summed E-state index contributed by atoms with van der Waals surface area (Å²) in [6, 6.07) is 0. The van der Waals surface area contributed by atoms with Crippen LogP contribution >= 0.6 is 0 Å². The maximum atomic E-state index is 4.93. The van der Waals surface area contributed by atoms with Gasteiger partial charge in [0, 0.05) is 0 Å². The van der Waals surface area contributed by atoms with E-state index in [2.05, 4.69) is 0 Å². The molecule has 47 valence electrons. The molecule has 0 unspecified atom stereocenters. The van der Waals surface area contributed by atoms with Gasteiger partial charge in [0.05, 0.1) is 0 Å². The minimum Gasteiger partial charge on any atom is -1.00 e. The van der Waals surface area contributed by atoms with Gasteiger partial charge in [-0.15, -0.1) is 0 Å². The van der Waals surface area contributed by atoms with E-state index in [9.17, 15) is 0 Å². The molecule has 1 radical (unpaired) electrons. The topological polar surface area (TPSA) is 0 Å². The molecule has 0 saturated carbocycles. The van der Waals surface area contributed by atoms with Crippen LogP contribution in [-0.2, 0) is 17.4 Å². The van der Waals surface area contributed by atoms with E-state index in [0.29, 0.717) is 0 Å². The summed E-state index contributed by atoms with van der Waals surface area (Å²) in [5.74, 6) is 0. The van der Waals surface area contributed by atoms with Gasteiger partial charge in [-0.2, -0.15) is 6.08 Å². The summed E-state index contributed by atoms with van der Waals surface area (Å²) in [4.78, 5) is 0. The second kappa shape index (κ2) is 25.6. The molecule has 0 nitrogen and oxygen atoms in total. The number of halogens is 2. The van der Waals surface area contributed by atoms with E-state index >= 15 is 0 Å². The molecule has 0 spiro atoms. The van der Waals surface area contributed by atoms with E-state index in [-0.39, 0.29) is 42.2 Å². The minimum absolute atomic E-state index is 0. The zero-order valence-electron chi connectivity index (χ0n) is 4.47. The van der Waals surface area contributed by atoms with Crippen LogP contribution in [0.3, 0.4) is 0 Å². The standard InChI is InChI=1S/C5H7.2ClH.Cr/c1-3-5-4-2;;;/h1,3-5H,2H3;2*1H;/q-1;;;+3/p-2/b5-4+;;;. The molecule has 0 atom stereocenters. The van der Waals surface area contributed by atoms with Crippen LogP contribution in [0.1, 0.15) is 6.92 Å². The Morgan fingerprint density at radius 1 is 1.25 bits per heavy atom. The van der Waals surface area contributed by atoms with E-state index in [1.54, 1.807) is 6.08 Å². The molecule has 0 aliphatic heterocycles. The van der Waals surface area contributed by atoms with E-state index in [4.69, 9.17) is 6.58 Å². The Morgan fingerprint density at radius 2 is 1.62 bits per heavy atom. The van der Waals surface area contributed by atoms with Gasteiger partial charge in [0.1, 0.15) is 0 Å². The number of hydrogen-bond donors (Lipinski definition) is 0. The van der Waals surface area contributed by atoms with Crippen LogP contribution in [0.4, 0.5) is 0 Å². The zero-order valence-corrected chi connectivity index (χ0v) is 7.26. The fraction of sp³-hybridized carbons (Fsp3) is 0.200. The van der Waals surface area contributed by atoms with Crippen LogP contribution in [0, 0.1) is 6.58 Å². The molecule has 8 heavy (non-hydrogen) atoms. The summed E-state index contributed by atoms with van der Waals surface area (Å²) in [6.45, 7) is 6.85. The molecule has 0 aromatic carbocycles. The monoisotopic (exact) mass is 189 g/mol. The Balaban J connectivity index is -0.0000000267. The van der Waals surface area contributed by atoms with Gasteiger partial charge >= 0.3 is 17.4 Å². The Kier molecular flexibility index (Phi) is 75.1. The van der Waals surface area contributed by atoms with E-state index in [1.165, 1.54) is 6.08 Å². The van der Waals surface area contributed by atoms with Crippen molar-refractivity contribution < 1.29 is 42.2 Å². The molecule has 0 amide bonds. The van der Waals surface area contributed by atoms with Crippen molar-refractivity contribution in [1.82, 2.24) is 0 Å². The fourth-order valence-electron chi connectivity index (χ4n) is 0.111. The zero-order chi connectivity index (χ0) is 4.12. The minimum atomic E-state index is 0. The number of hydrogen-bond acceptors (Lipinski definition) is 0. The Hall–Kier alpha value is 0.592. The molecule has 0 bridgehead atoms. The Morgan fingerprint density at radius 3 is 1.62 bits per heavy atom. The molecule has 0 rings (SSSR count). The first-order valence-electron chi connectivity index (χ1n) is 1.58. The first kappa shape index (κ1) is 23.5. The average molecular weight is 190 g/mol. The summed E-state index contributed by atoms with van der Waals surface area (Å²) in [5.41, 5.74) is 0. The van der Waals surface area contributed by atoms with Crippen molar-refractivity contribution in [1.29, 1.82) is 0 Å². The molecule has 0 N–H and O–H groups in total. The normalized spacial score (nSPS) is 5.62. The fourth-order valence-corrected chi connectivity index (χ4v) is 0.111. The predicted molar refractivity (Wildman–Crippen MR) is 23.7 cm³/mol. The van der Waals surface area contributed by atoms with Crippen molar-refractivity contribution in [3.05, 3.63) is 24.8 Å². The molecule has 0 fully saturated rings. The molecule has 0 heterocycles. The number of allylic oxidation sites excluding steroid dienone is 3. The first-order chi connectivity index (χ1) is 2.41. The van der Waals surface area contributed by atoms with Gasteiger partial charge in [0.15, 0.2) is 0 Å². The van der Waals surface area contributed by atoms with Crippen molar-refractivity contribution in [3.8, 4) is 0 Å². The number of rotatable bonds is 1. The summed E-state index contributed by atoms with van der Waals surface area (Å²) in [5, 5.41) is 0. The van der Waals surface area contributed by atoms with Crippen molar-refractivity contribution >= 4 is 0 Å². The third-order valence-corrected chi connectivity index (χ3v) is 0.304. The summed E-state index contributed by atoms with van der Waals surface area (Å²) in [7, 11) is 0. The second-order valence-electron chi connectivity index (χ2n) is 0.718. The second-order valence-corrected chi connectivity index (χ2v) is 0.718. The van der Waals surface area contributed by atoms with Gasteiger partial charge in [-0.1, -0.05) is 6.92 Å².